The minimum atomic E-state index is 0. The Bertz CT molecular complexity index is 427. The van der Waals surface area contributed by atoms with Crippen LogP contribution in [0.1, 0.15) is 12.5 Å². The van der Waals surface area contributed by atoms with Gasteiger partial charge < -0.3 is 24.8 Å². The fourth-order valence-electron chi connectivity index (χ4n) is 1.74. The number of ether oxygens (including phenoxy) is 3. The molecule has 0 aliphatic rings. The molecule has 0 saturated carbocycles. The van der Waals surface area contributed by atoms with Crippen LogP contribution in [0, 0.1) is 0 Å². The van der Waals surface area contributed by atoms with Gasteiger partial charge in [0.05, 0.1) is 13.2 Å². The molecule has 0 atom stereocenters. The lowest BCUT2D eigenvalue weighted by Gasteiger charge is -2.12. The van der Waals surface area contributed by atoms with E-state index in [0.29, 0.717) is 26.4 Å². The molecule has 1 aromatic rings. The van der Waals surface area contributed by atoms with Gasteiger partial charge in [0.1, 0.15) is 12.4 Å². The topological polar surface area (TPSA) is 64.1 Å². The molecule has 132 valence electrons. The van der Waals surface area contributed by atoms with Gasteiger partial charge in [-0.1, -0.05) is 12.1 Å². The Kier molecular flexibility index (Phi) is 13.9. The third-order valence-electron chi connectivity index (χ3n) is 2.91. The van der Waals surface area contributed by atoms with Gasteiger partial charge in [-0.25, -0.2) is 0 Å². The zero-order chi connectivity index (χ0) is 16.0. The fourth-order valence-corrected chi connectivity index (χ4v) is 1.74. The number of methoxy groups -OCH3 is 1. The molecule has 0 bridgehead atoms. The van der Waals surface area contributed by atoms with E-state index in [2.05, 4.69) is 15.6 Å². The van der Waals surface area contributed by atoms with Crippen LogP contribution in [0.2, 0.25) is 0 Å². The van der Waals surface area contributed by atoms with Crippen LogP contribution in [-0.4, -0.2) is 53.1 Å². The van der Waals surface area contributed by atoms with E-state index < -0.39 is 0 Å². The van der Waals surface area contributed by atoms with E-state index in [0.717, 1.165) is 30.4 Å². The van der Waals surface area contributed by atoms with Crippen LogP contribution in [-0.2, 0) is 16.0 Å². The molecule has 0 amide bonds. The van der Waals surface area contributed by atoms with Gasteiger partial charge in [0.25, 0.3) is 0 Å². The number of aliphatic imine (C=N–C) groups is 1. The second-order valence-electron chi connectivity index (χ2n) is 4.53. The van der Waals surface area contributed by atoms with Crippen LogP contribution >= 0.6 is 24.0 Å². The van der Waals surface area contributed by atoms with E-state index >= 15 is 0 Å². The zero-order valence-corrected chi connectivity index (χ0v) is 16.5. The van der Waals surface area contributed by atoms with E-state index in [1.807, 2.05) is 31.2 Å². The number of nitrogens with zero attached hydrogens (tertiary/aromatic N) is 1. The number of guanidine groups is 1. The number of rotatable bonds is 10. The average Bonchev–Trinajstić information content (AvgIpc) is 2.56. The summed E-state index contributed by atoms with van der Waals surface area (Å²) in [4.78, 5) is 4.17. The normalized spacial score (nSPS) is 10.8. The standard InChI is InChI=1S/C16H27N3O3.HI/c1-4-21-10-9-18-16(17-2)19-13-14-5-7-15(8-6-14)22-12-11-20-3;/h5-8H,4,9-13H2,1-3H3,(H2,17,18,19);1H. The molecule has 0 radical (unpaired) electrons. The number of hydrogen-bond donors (Lipinski definition) is 2. The van der Waals surface area contributed by atoms with Crippen molar-refractivity contribution >= 4 is 29.9 Å². The van der Waals surface area contributed by atoms with Gasteiger partial charge in [-0.05, 0) is 24.6 Å². The highest BCUT2D eigenvalue weighted by Crippen LogP contribution is 2.11. The lowest BCUT2D eigenvalue weighted by Crippen LogP contribution is -2.38. The monoisotopic (exact) mass is 437 g/mol. The molecule has 0 aromatic heterocycles. The first-order valence-corrected chi connectivity index (χ1v) is 7.53. The van der Waals surface area contributed by atoms with Gasteiger partial charge in [0.2, 0.25) is 0 Å². The summed E-state index contributed by atoms with van der Waals surface area (Å²) in [7, 11) is 3.41. The fraction of sp³-hybridized carbons (Fsp3) is 0.562. The van der Waals surface area contributed by atoms with Crippen molar-refractivity contribution in [2.45, 2.75) is 13.5 Å². The van der Waals surface area contributed by atoms with Gasteiger partial charge in [-0.3, -0.25) is 4.99 Å². The smallest absolute Gasteiger partial charge is 0.191 e. The molecule has 0 heterocycles. The van der Waals surface area contributed by atoms with Gasteiger partial charge >= 0.3 is 0 Å². The van der Waals surface area contributed by atoms with Crippen molar-refractivity contribution in [3.63, 3.8) is 0 Å². The zero-order valence-electron chi connectivity index (χ0n) is 14.1. The first-order valence-electron chi connectivity index (χ1n) is 7.53. The van der Waals surface area contributed by atoms with Crippen LogP contribution in [0.15, 0.2) is 29.3 Å². The summed E-state index contributed by atoms with van der Waals surface area (Å²) in [5.74, 6) is 1.61. The van der Waals surface area contributed by atoms with Crippen LogP contribution in [0.25, 0.3) is 0 Å². The summed E-state index contributed by atoms with van der Waals surface area (Å²) in [6.45, 7) is 5.97. The van der Waals surface area contributed by atoms with E-state index in [4.69, 9.17) is 14.2 Å². The Labute approximate surface area is 156 Å². The van der Waals surface area contributed by atoms with E-state index in [1.54, 1.807) is 14.2 Å². The van der Waals surface area contributed by atoms with E-state index in [-0.39, 0.29) is 24.0 Å². The highest BCUT2D eigenvalue weighted by molar-refractivity contribution is 14.0. The lowest BCUT2D eigenvalue weighted by molar-refractivity contribution is 0.146. The molecule has 0 fully saturated rings. The van der Waals surface area contributed by atoms with Crippen molar-refractivity contribution in [1.82, 2.24) is 10.6 Å². The molecule has 1 aromatic carbocycles. The van der Waals surface area contributed by atoms with Crippen molar-refractivity contribution in [3.05, 3.63) is 29.8 Å². The van der Waals surface area contributed by atoms with Crippen molar-refractivity contribution in [2.24, 2.45) is 4.99 Å². The van der Waals surface area contributed by atoms with Gasteiger partial charge in [-0.15, -0.1) is 24.0 Å². The highest BCUT2D eigenvalue weighted by Gasteiger charge is 1.99. The molecule has 0 saturated heterocycles. The van der Waals surface area contributed by atoms with Crippen LogP contribution in [0.3, 0.4) is 0 Å². The summed E-state index contributed by atoms with van der Waals surface area (Å²) >= 11 is 0. The lowest BCUT2D eigenvalue weighted by atomic mass is 10.2. The Morgan fingerprint density at radius 3 is 2.43 bits per heavy atom. The van der Waals surface area contributed by atoms with Crippen molar-refractivity contribution in [2.75, 3.05) is 47.1 Å². The minimum Gasteiger partial charge on any atom is -0.491 e. The summed E-state index contributed by atoms with van der Waals surface area (Å²) in [5, 5.41) is 6.45. The third kappa shape index (κ3) is 10.4. The summed E-state index contributed by atoms with van der Waals surface area (Å²) in [5.41, 5.74) is 1.16. The summed E-state index contributed by atoms with van der Waals surface area (Å²) in [6, 6.07) is 7.97. The highest BCUT2D eigenvalue weighted by atomic mass is 127. The van der Waals surface area contributed by atoms with E-state index in [1.165, 1.54) is 0 Å². The quantitative estimate of drug-likeness (QED) is 0.254. The second-order valence-corrected chi connectivity index (χ2v) is 4.53. The number of benzene rings is 1. The maximum absolute atomic E-state index is 5.53. The van der Waals surface area contributed by atoms with E-state index in [9.17, 15) is 0 Å². The third-order valence-corrected chi connectivity index (χ3v) is 2.91. The Morgan fingerprint density at radius 1 is 1.09 bits per heavy atom. The molecule has 23 heavy (non-hydrogen) atoms. The number of hydrogen-bond acceptors (Lipinski definition) is 4. The predicted octanol–water partition coefficient (Wildman–Crippen LogP) is 2.03. The Morgan fingerprint density at radius 2 is 1.83 bits per heavy atom. The molecule has 0 spiro atoms. The molecule has 6 nitrogen and oxygen atoms in total. The summed E-state index contributed by atoms with van der Waals surface area (Å²) < 4.78 is 15.8. The molecule has 1 rings (SSSR count). The molecular formula is C16H28IN3O3. The first-order chi connectivity index (χ1) is 10.8. The van der Waals surface area contributed by atoms with Crippen molar-refractivity contribution in [1.29, 1.82) is 0 Å². The van der Waals surface area contributed by atoms with Crippen LogP contribution < -0.4 is 15.4 Å². The number of halogens is 1. The average molecular weight is 437 g/mol. The molecule has 0 aliphatic heterocycles. The molecule has 0 aliphatic carbocycles. The molecule has 2 N–H and O–H groups in total. The van der Waals surface area contributed by atoms with Gasteiger partial charge in [0.15, 0.2) is 5.96 Å². The largest absolute Gasteiger partial charge is 0.491 e. The number of nitrogens with one attached hydrogen (secondary N) is 2. The summed E-state index contributed by atoms with van der Waals surface area (Å²) in [6.07, 6.45) is 0. The molecular weight excluding hydrogens is 409 g/mol. The Balaban J connectivity index is 0.00000484. The van der Waals surface area contributed by atoms with Crippen molar-refractivity contribution < 1.29 is 14.2 Å². The Hall–Kier alpha value is -1.06. The van der Waals surface area contributed by atoms with Gasteiger partial charge in [-0.2, -0.15) is 0 Å². The second kappa shape index (κ2) is 14.5. The SMILES string of the molecule is CCOCCNC(=NC)NCc1ccc(OCCOC)cc1.I. The molecule has 0 unspecified atom stereocenters. The van der Waals surface area contributed by atoms with Crippen LogP contribution in [0.4, 0.5) is 0 Å². The minimum absolute atomic E-state index is 0. The van der Waals surface area contributed by atoms with Gasteiger partial charge in [0, 0.05) is 33.9 Å². The van der Waals surface area contributed by atoms with Crippen LogP contribution in [0.5, 0.6) is 5.75 Å². The van der Waals surface area contributed by atoms with Crippen molar-refractivity contribution in [3.8, 4) is 5.75 Å². The predicted molar refractivity (Wildman–Crippen MR) is 104 cm³/mol. The maximum Gasteiger partial charge on any atom is 0.191 e. The maximum atomic E-state index is 5.53. The first kappa shape index (κ1) is 21.9. The molecule has 7 heteroatoms.